The van der Waals surface area contributed by atoms with E-state index in [1.807, 2.05) is 38.1 Å². The van der Waals surface area contributed by atoms with Gasteiger partial charge in [-0.25, -0.2) is 0 Å². The molecule has 7 nitrogen and oxygen atoms in total. The summed E-state index contributed by atoms with van der Waals surface area (Å²) in [6.07, 6.45) is 7.07. The molecular formula is C38H40N2O5. The van der Waals surface area contributed by atoms with Crippen molar-refractivity contribution in [1.29, 1.82) is 0 Å². The first kappa shape index (κ1) is 28.5. The Hall–Kier alpha value is -3.94. The van der Waals surface area contributed by atoms with Crippen LogP contribution in [0.5, 0.6) is 11.5 Å². The van der Waals surface area contributed by atoms with Gasteiger partial charge in [0.15, 0.2) is 11.9 Å². The highest BCUT2D eigenvalue weighted by molar-refractivity contribution is 6.02. The molecule has 2 heterocycles. The van der Waals surface area contributed by atoms with Gasteiger partial charge in [-0.05, 0) is 111 Å². The second-order valence-electron chi connectivity index (χ2n) is 13.8. The molecule has 1 spiro atoms. The minimum atomic E-state index is -1.21. The molecule has 2 bridgehead atoms. The monoisotopic (exact) mass is 604 g/mol. The van der Waals surface area contributed by atoms with E-state index >= 15 is 0 Å². The summed E-state index contributed by atoms with van der Waals surface area (Å²) in [5, 5.41) is 15.5. The van der Waals surface area contributed by atoms with E-state index in [2.05, 4.69) is 46.6 Å². The number of likely N-dealkylation sites (tertiary alicyclic amines) is 1. The van der Waals surface area contributed by atoms with Gasteiger partial charge >= 0.3 is 0 Å². The van der Waals surface area contributed by atoms with Crippen LogP contribution in [-0.2, 0) is 23.1 Å². The number of hydrogen-bond donors (Lipinski definition) is 2. The number of ketones is 1. The van der Waals surface area contributed by atoms with E-state index in [9.17, 15) is 14.7 Å². The van der Waals surface area contributed by atoms with Crippen molar-refractivity contribution >= 4 is 11.7 Å². The number of ether oxygens (including phenoxy) is 2. The average molecular weight is 605 g/mol. The number of hydrogen-bond acceptors (Lipinski definition) is 6. The Morgan fingerprint density at radius 2 is 1.80 bits per heavy atom. The van der Waals surface area contributed by atoms with E-state index in [4.69, 9.17) is 9.47 Å². The number of piperidine rings is 1. The molecule has 3 aromatic rings. The van der Waals surface area contributed by atoms with E-state index < -0.39 is 17.1 Å². The number of carbonyl (C=O) groups excluding carboxylic acids is 2. The second-order valence-corrected chi connectivity index (χ2v) is 13.8. The van der Waals surface area contributed by atoms with Crippen LogP contribution in [0.15, 0.2) is 72.8 Å². The van der Waals surface area contributed by atoms with Crippen LogP contribution in [0.4, 0.5) is 0 Å². The summed E-state index contributed by atoms with van der Waals surface area (Å²) in [5.41, 5.74) is 3.71. The smallest absolute Gasteiger partial charge is 0.255 e. The fraction of sp³-hybridized carbons (Fsp3) is 0.421. The lowest BCUT2D eigenvalue weighted by Gasteiger charge is -2.60. The fourth-order valence-electron chi connectivity index (χ4n) is 8.33. The zero-order chi connectivity index (χ0) is 30.9. The third-order valence-electron chi connectivity index (χ3n) is 10.7. The maximum Gasteiger partial charge on any atom is 0.255 e. The maximum absolute atomic E-state index is 13.6. The molecule has 0 radical (unpaired) electrons. The number of nitrogens with one attached hydrogen (secondary N) is 1. The molecule has 1 saturated heterocycles. The van der Waals surface area contributed by atoms with Crippen LogP contribution in [0.2, 0.25) is 0 Å². The molecule has 3 aliphatic carbocycles. The third kappa shape index (κ3) is 4.54. The van der Waals surface area contributed by atoms with Crippen molar-refractivity contribution < 1.29 is 24.2 Å². The van der Waals surface area contributed by atoms with Crippen LogP contribution in [-0.4, -0.2) is 65.2 Å². The Kier molecular flexibility index (Phi) is 6.70. The second kappa shape index (κ2) is 10.6. The Balaban J connectivity index is 0.986. The standard InChI is InChI=1S/C38H40N2O5/c1-23(2)44-29-12-9-27(10-13-29)26-7-5-24(6-8-26)16-19-39-36(42)30-14-11-28-21-32-38(43)17-15-31(41)35-37(38,33(28)34(30)45-35)18-20-40(32)22-25-3-4-25/h5-15,17,23,25,32,35,43H,3-4,16,18-22H2,1-2H3,(H,39,42)/t32?,35-,37?,38+/m0/s1. The summed E-state index contributed by atoms with van der Waals surface area (Å²) in [6.45, 7) is 6.30. The van der Waals surface area contributed by atoms with E-state index in [1.165, 1.54) is 18.9 Å². The number of aliphatic hydroxyl groups is 1. The molecule has 232 valence electrons. The van der Waals surface area contributed by atoms with Crippen LogP contribution >= 0.6 is 0 Å². The van der Waals surface area contributed by atoms with Gasteiger partial charge in [0.1, 0.15) is 17.1 Å². The van der Waals surface area contributed by atoms with Crippen molar-refractivity contribution in [2.45, 2.75) is 75.2 Å². The van der Waals surface area contributed by atoms with Crippen LogP contribution < -0.4 is 14.8 Å². The fourth-order valence-corrected chi connectivity index (χ4v) is 8.33. The number of nitrogens with zero attached hydrogens (tertiary/aromatic N) is 1. The number of carbonyl (C=O) groups is 2. The van der Waals surface area contributed by atoms with Gasteiger partial charge in [0.25, 0.3) is 5.91 Å². The maximum atomic E-state index is 13.6. The summed E-state index contributed by atoms with van der Waals surface area (Å²) in [7, 11) is 0. The average Bonchev–Trinajstić information content (AvgIpc) is 3.77. The first-order valence-electron chi connectivity index (χ1n) is 16.4. The summed E-state index contributed by atoms with van der Waals surface area (Å²) in [6, 6.07) is 20.3. The van der Waals surface area contributed by atoms with Crippen molar-refractivity contribution in [3.8, 4) is 22.6 Å². The molecular weight excluding hydrogens is 564 g/mol. The molecule has 5 aliphatic rings. The quantitative estimate of drug-likeness (QED) is 0.357. The minimum Gasteiger partial charge on any atom is -0.491 e. The Labute approximate surface area is 264 Å². The summed E-state index contributed by atoms with van der Waals surface area (Å²) in [4.78, 5) is 29.3. The van der Waals surface area contributed by atoms with E-state index in [-0.39, 0.29) is 23.8 Å². The van der Waals surface area contributed by atoms with Gasteiger partial charge in [-0.15, -0.1) is 0 Å². The molecule has 2 aliphatic heterocycles. The van der Waals surface area contributed by atoms with E-state index in [0.717, 1.165) is 46.7 Å². The zero-order valence-corrected chi connectivity index (χ0v) is 25.9. The SMILES string of the molecule is CC(C)Oc1ccc(-c2ccc(CCNC(=O)c3ccc4c5c3O[C@H]3C(=O)C=C[C@@]6(O)C(C4)N(CC4CC4)CCC536)cc2)cc1. The molecule has 45 heavy (non-hydrogen) atoms. The molecule has 8 rings (SSSR count). The Morgan fingerprint density at radius 3 is 2.51 bits per heavy atom. The van der Waals surface area contributed by atoms with Crippen LogP contribution in [0.25, 0.3) is 11.1 Å². The van der Waals surface area contributed by atoms with Gasteiger partial charge in [0.05, 0.1) is 17.1 Å². The topological polar surface area (TPSA) is 88.1 Å². The predicted octanol–water partition coefficient (Wildman–Crippen LogP) is 5.02. The largest absolute Gasteiger partial charge is 0.491 e. The van der Waals surface area contributed by atoms with E-state index in [0.29, 0.717) is 43.0 Å². The lowest BCUT2D eigenvalue weighted by molar-refractivity contribution is -0.155. The Morgan fingerprint density at radius 1 is 1.07 bits per heavy atom. The van der Waals surface area contributed by atoms with Gasteiger partial charge < -0.3 is 19.9 Å². The number of benzene rings is 3. The van der Waals surface area contributed by atoms with Crippen molar-refractivity contribution in [1.82, 2.24) is 10.2 Å². The molecule has 3 aromatic carbocycles. The van der Waals surface area contributed by atoms with Gasteiger partial charge in [-0.3, -0.25) is 14.5 Å². The van der Waals surface area contributed by atoms with Crippen LogP contribution in [0.1, 0.15) is 60.2 Å². The van der Waals surface area contributed by atoms with Crippen molar-refractivity contribution in [3.63, 3.8) is 0 Å². The lowest BCUT2D eigenvalue weighted by Crippen LogP contribution is -2.75. The molecule has 1 saturated carbocycles. The summed E-state index contributed by atoms with van der Waals surface area (Å²) >= 11 is 0. The highest BCUT2D eigenvalue weighted by Gasteiger charge is 2.72. The normalized spacial score (nSPS) is 27.7. The molecule has 0 aromatic heterocycles. The molecule has 7 heteroatoms. The number of rotatable bonds is 9. The van der Waals surface area contributed by atoms with Gasteiger partial charge in [-0.2, -0.15) is 0 Å². The van der Waals surface area contributed by atoms with Crippen molar-refractivity contribution in [2.75, 3.05) is 19.6 Å². The third-order valence-corrected chi connectivity index (χ3v) is 10.7. The molecule has 2 unspecified atom stereocenters. The molecule has 2 N–H and O–H groups in total. The zero-order valence-electron chi connectivity index (χ0n) is 25.9. The van der Waals surface area contributed by atoms with Crippen LogP contribution in [0.3, 0.4) is 0 Å². The minimum absolute atomic E-state index is 0.106. The number of amides is 1. The highest BCUT2D eigenvalue weighted by atomic mass is 16.5. The Bertz CT molecular complexity index is 1690. The lowest BCUT2D eigenvalue weighted by atomic mass is 9.50. The van der Waals surface area contributed by atoms with Gasteiger partial charge in [0.2, 0.25) is 0 Å². The molecule has 4 atom stereocenters. The summed E-state index contributed by atoms with van der Waals surface area (Å²) < 4.78 is 12.2. The first-order chi connectivity index (χ1) is 21.8. The predicted molar refractivity (Wildman–Crippen MR) is 172 cm³/mol. The first-order valence-corrected chi connectivity index (χ1v) is 16.4. The van der Waals surface area contributed by atoms with E-state index in [1.54, 1.807) is 6.08 Å². The van der Waals surface area contributed by atoms with Crippen molar-refractivity contribution in [3.05, 3.63) is 95.1 Å². The highest BCUT2D eigenvalue weighted by Crippen LogP contribution is 2.62. The molecule has 2 fully saturated rings. The molecule has 1 amide bonds. The van der Waals surface area contributed by atoms with Crippen LogP contribution in [0, 0.1) is 5.92 Å². The summed E-state index contributed by atoms with van der Waals surface area (Å²) in [5.74, 6) is 1.69. The van der Waals surface area contributed by atoms with Gasteiger partial charge in [-0.1, -0.05) is 42.5 Å². The van der Waals surface area contributed by atoms with Crippen molar-refractivity contribution in [2.24, 2.45) is 5.92 Å². The van der Waals surface area contributed by atoms with Gasteiger partial charge in [0, 0.05) is 24.7 Å².